The van der Waals surface area contributed by atoms with E-state index in [2.05, 4.69) is 4.98 Å². The maximum Gasteiger partial charge on any atom is 0.334 e. The predicted molar refractivity (Wildman–Crippen MR) is 76.7 cm³/mol. The van der Waals surface area contributed by atoms with E-state index in [0.717, 1.165) is 16.7 Å². The SMILES string of the molecule is CC(C)c1c(Cl)[nH]c(=O)n(-c2cc(F)ccc2Cl)c1=O. The van der Waals surface area contributed by atoms with Gasteiger partial charge in [0, 0.05) is 0 Å². The minimum atomic E-state index is -0.767. The molecule has 0 atom stereocenters. The standard InChI is InChI=1S/C13H11Cl2FN2O2/c1-6(2)10-11(15)17-13(20)18(12(10)19)9-5-7(16)3-4-8(9)14/h3-6H,1-2H3,(H,17,20). The Morgan fingerprint density at radius 1 is 1.25 bits per heavy atom. The van der Waals surface area contributed by atoms with Gasteiger partial charge in [-0.15, -0.1) is 0 Å². The highest BCUT2D eigenvalue weighted by Gasteiger charge is 2.18. The lowest BCUT2D eigenvalue weighted by Gasteiger charge is -2.12. The molecule has 0 unspecified atom stereocenters. The molecule has 20 heavy (non-hydrogen) atoms. The molecule has 0 radical (unpaired) electrons. The first-order chi connectivity index (χ1) is 9.32. The second-order valence-electron chi connectivity index (χ2n) is 4.55. The Kier molecular flexibility index (Phi) is 4.01. The molecule has 0 amide bonds. The van der Waals surface area contributed by atoms with Crippen LogP contribution in [0.2, 0.25) is 10.2 Å². The molecule has 0 aliphatic heterocycles. The molecule has 4 nitrogen and oxygen atoms in total. The van der Waals surface area contributed by atoms with Gasteiger partial charge in [-0.3, -0.25) is 9.78 Å². The highest BCUT2D eigenvalue weighted by Crippen LogP contribution is 2.21. The number of hydrogen-bond donors (Lipinski definition) is 1. The lowest BCUT2D eigenvalue weighted by Crippen LogP contribution is -2.36. The maximum atomic E-state index is 13.3. The summed E-state index contributed by atoms with van der Waals surface area (Å²) in [5, 5.41) is 0.0785. The van der Waals surface area contributed by atoms with Gasteiger partial charge in [-0.2, -0.15) is 0 Å². The smallest absolute Gasteiger partial charge is 0.297 e. The Morgan fingerprint density at radius 2 is 1.90 bits per heavy atom. The van der Waals surface area contributed by atoms with Crippen LogP contribution in [0, 0.1) is 5.82 Å². The summed E-state index contributed by atoms with van der Waals surface area (Å²) in [6.45, 7) is 3.52. The number of benzene rings is 1. The summed E-state index contributed by atoms with van der Waals surface area (Å²) < 4.78 is 14.1. The van der Waals surface area contributed by atoms with Crippen LogP contribution in [-0.2, 0) is 0 Å². The van der Waals surface area contributed by atoms with E-state index in [9.17, 15) is 14.0 Å². The number of rotatable bonds is 2. The van der Waals surface area contributed by atoms with Crippen molar-refractivity contribution in [2.45, 2.75) is 19.8 Å². The van der Waals surface area contributed by atoms with Crippen molar-refractivity contribution in [3.63, 3.8) is 0 Å². The van der Waals surface area contributed by atoms with Gasteiger partial charge in [0.25, 0.3) is 5.56 Å². The van der Waals surface area contributed by atoms with Crippen molar-refractivity contribution >= 4 is 23.2 Å². The van der Waals surface area contributed by atoms with E-state index in [1.165, 1.54) is 6.07 Å². The van der Waals surface area contributed by atoms with Gasteiger partial charge in [-0.05, 0) is 24.1 Å². The van der Waals surface area contributed by atoms with Crippen molar-refractivity contribution in [1.29, 1.82) is 0 Å². The quantitative estimate of drug-likeness (QED) is 0.865. The molecule has 1 aromatic carbocycles. The van der Waals surface area contributed by atoms with Crippen molar-refractivity contribution in [2.75, 3.05) is 0 Å². The molecule has 0 saturated heterocycles. The fraction of sp³-hybridized carbons (Fsp3) is 0.231. The number of H-pyrrole nitrogens is 1. The molecule has 0 saturated carbocycles. The first kappa shape index (κ1) is 14.8. The summed E-state index contributed by atoms with van der Waals surface area (Å²) >= 11 is 11.8. The maximum absolute atomic E-state index is 13.3. The van der Waals surface area contributed by atoms with E-state index in [1.54, 1.807) is 13.8 Å². The summed E-state index contributed by atoms with van der Waals surface area (Å²) in [6, 6.07) is 3.45. The Labute approximate surface area is 123 Å². The number of nitrogens with one attached hydrogen (secondary N) is 1. The third-order valence-corrected chi connectivity index (χ3v) is 3.43. The largest absolute Gasteiger partial charge is 0.334 e. The van der Waals surface area contributed by atoms with Crippen LogP contribution in [0.4, 0.5) is 4.39 Å². The Hall–Kier alpha value is -1.59. The minimum Gasteiger partial charge on any atom is -0.297 e. The van der Waals surface area contributed by atoms with E-state index < -0.39 is 17.1 Å². The van der Waals surface area contributed by atoms with Crippen molar-refractivity contribution in [3.8, 4) is 5.69 Å². The van der Waals surface area contributed by atoms with Crippen LogP contribution in [0.25, 0.3) is 5.69 Å². The van der Waals surface area contributed by atoms with Crippen LogP contribution >= 0.6 is 23.2 Å². The monoisotopic (exact) mass is 316 g/mol. The molecule has 1 N–H and O–H groups in total. The zero-order chi connectivity index (χ0) is 15.0. The number of aromatic amines is 1. The second-order valence-corrected chi connectivity index (χ2v) is 5.33. The van der Waals surface area contributed by atoms with Gasteiger partial charge < -0.3 is 0 Å². The lowest BCUT2D eigenvalue weighted by molar-refractivity contribution is 0.625. The van der Waals surface area contributed by atoms with E-state index >= 15 is 0 Å². The van der Waals surface area contributed by atoms with Gasteiger partial charge in [0.1, 0.15) is 11.0 Å². The molecule has 0 bridgehead atoms. The number of hydrogen-bond acceptors (Lipinski definition) is 2. The molecule has 2 rings (SSSR count). The number of nitrogens with zero attached hydrogens (tertiary/aromatic N) is 1. The van der Waals surface area contributed by atoms with Gasteiger partial charge in [-0.25, -0.2) is 13.8 Å². The topological polar surface area (TPSA) is 54.9 Å². The van der Waals surface area contributed by atoms with Crippen molar-refractivity contribution in [2.24, 2.45) is 0 Å². The molecular weight excluding hydrogens is 306 g/mol. The van der Waals surface area contributed by atoms with Gasteiger partial charge in [0.05, 0.1) is 16.3 Å². The molecule has 0 aliphatic carbocycles. The van der Waals surface area contributed by atoms with E-state index in [4.69, 9.17) is 23.2 Å². The first-order valence-electron chi connectivity index (χ1n) is 5.83. The third kappa shape index (κ3) is 2.51. The lowest BCUT2D eigenvalue weighted by atomic mass is 10.1. The van der Waals surface area contributed by atoms with E-state index in [0.29, 0.717) is 0 Å². The summed E-state index contributed by atoms with van der Waals surface area (Å²) in [7, 11) is 0. The zero-order valence-electron chi connectivity index (χ0n) is 10.7. The molecule has 0 fully saturated rings. The molecule has 7 heteroatoms. The van der Waals surface area contributed by atoms with E-state index in [-0.39, 0.29) is 27.3 Å². The minimum absolute atomic E-state index is 0.0150. The highest BCUT2D eigenvalue weighted by atomic mass is 35.5. The summed E-state index contributed by atoms with van der Waals surface area (Å²) in [5.41, 5.74) is -1.15. The Balaban J connectivity index is 2.88. The molecule has 106 valence electrons. The van der Waals surface area contributed by atoms with Crippen molar-refractivity contribution < 1.29 is 4.39 Å². The summed E-state index contributed by atoms with van der Waals surface area (Å²) in [6.07, 6.45) is 0. The van der Waals surface area contributed by atoms with E-state index in [1.807, 2.05) is 0 Å². The Morgan fingerprint density at radius 3 is 2.50 bits per heavy atom. The third-order valence-electron chi connectivity index (χ3n) is 2.82. The Bertz CT molecular complexity index is 781. The summed E-state index contributed by atoms with van der Waals surface area (Å²) in [5.74, 6) is -0.804. The predicted octanol–water partition coefficient (Wildman–Crippen LogP) is 3.10. The second kappa shape index (κ2) is 5.42. The number of aromatic nitrogens is 2. The zero-order valence-corrected chi connectivity index (χ0v) is 12.2. The molecule has 0 spiro atoms. The van der Waals surface area contributed by atoms with Gasteiger partial charge in [-0.1, -0.05) is 37.0 Å². The van der Waals surface area contributed by atoms with Crippen LogP contribution in [0.5, 0.6) is 0 Å². The number of halogens is 3. The first-order valence-corrected chi connectivity index (χ1v) is 6.58. The van der Waals surface area contributed by atoms with Gasteiger partial charge in [0.2, 0.25) is 0 Å². The van der Waals surface area contributed by atoms with Crippen LogP contribution in [0.15, 0.2) is 27.8 Å². The average Bonchev–Trinajstić information content (AvgIpc) is 2.32. The van der Waals surface area contributed by atoms with Crippen LogP contribution in [0.1, 0.15) is 25.3 Å². The fourth-order valence-electron chi connectivity index (χ4n) is 1.90. The van der Waals surface area contributed by atoms with Gasteiger partial charge >= 0.3 is 5.69 Å². The fourth-order valence-corrected chi connectivity index (χ4v) is 2.48. The molecular formula is C13H11Cl2FN2O2. The van der Waals surface area contributed by atoms with Crippen molar-refractivity contribution in [1.82, 2.24) is 9.55 Å². The normalized spacial score (nSPS) is 11.1. The van der Waals surface area contributed by atoms with Crippen molar-refractivity contribution in [3.05, 3.63) is 60.6 Å². The molecule has 2 aromatic rings. The van der Waals surface area contributed by atoms with Gasteiger partial charge in [0.15, 0.2) is 0 Å². The molecule has 1 aromatic heterocycles. The average molecular weight is 317 g/mol. The highest BCUT2D eigenvalue weighted by molar-refractivity contribution is 6.32. The molecule has 0 aliphatic rings. The van der Waals surface area contributed by atoms with Crippen LogP contribution < -0.4 is 11.2 Å². The molecule has 1 heterocycles. The summed E-state index contributed by atoms with van der Waals surface area (Å²) in [4.78, 5) is 26.7. The van der Waals surface area contributed by atoms with Crippen LogP contribution in [-0.4, -0.2) is 9.55 Å². The van der Waals surface area contributed by atoms with Crippen LogP contribution in [0.3, 0.4) is 0 Å².